The van der Waals surface area contributed by atoms with Gasteiger partial charge in [0.1, 0.15) is 11.8 Å². The molecule has 0 bridgehead atoms. The van der Waals surface area contributed by atoms with E-state index in [0.29, 0.717) is 21.5 Å². The summed E-state index contributed by atoms with van der Waals surface area (Å²) in [6.07, 6.45) is 2.54. The third-order valence-electron chi connectivity index (χ3n) is 5.44. The van der Waals surface area contributed by atoms with E-state index in [2.05, 4.69) is 10.5 Å². The molecular weight excluding hydrogens is 511 g/mol. The molecule has 0 radical (unpaired) electrons. The van der Waals surface area contributed by atoms with Gasteiger partial charge in [-0.25, -0.2) is 13.8 Å². The minimum absolute atomic E-state index is 0.335. The predicted molar refractivity (Wildman–Crippen MR) is 141 cm³/mol. The number of hydrogen-bond acceptors (Lipinski definition) is 5. The van der Waals surface area contributed by atoms with Gasteiger partial charge in [-0.15, -0.1) is 0 Å². The second kappa shape index (κ2) is 10.7. The topological polar surface area (TPSA) is 93.0 Å². The molecule has 35 heavy (non-hydrogen) atoms. The Kier molecular flexibility index (Phi) is 8.15. The van der Waals surface area contributed by atoms with Gasteiger partial charge in [0.15, 0.2) is 0 Å². The van der Waals surface area contributed by atoms with E-state index in [9.17, 15) is 13.2 Å². The zero-order valence-corrected chi connectivity index (χ0v) is 22.2. The van der Waals surface area contributed by atoms with Crippen LogP contribution in [0.1, 0.15) is 23.9 Å². The first kappa shape index (κ1) is 26.6. The summed E-state index contributed by atoms with van der Waals surface area (Å²) in [7, 11) is -2.24. The summed E-state index contributed by atoms with van der Waals surface area (Å²) in [6, 6.07) is 12.6. The number of carbonyl (C=O) groups excluding carboxylic acids is 1. The number of methoxy groups -OCH3 is 1. The molecule has 1 heterocycles. The molecule has 1 amide bonds. The van der Waals surface area contributed by atoms with Crippen LogP contribution in [0, 0.1) is 13.8 Å². The summed E-state index contributed by atoms with van der Waals surface area (Å²) in [5.74, 6) is -0.0187. The number of anilines is 1. The maximum atomic E-state index is 12.8. The normalized spacial score (nSPS) is 12.5. The summed E-state index contributed by atoms with van der Waals surface area (Å²) < 4.78 is 33.0. The number of hydrazone groups is 1. The van der Waals surface area contributed by atoms with Crippen molar-refractivity contribution in [2.75, 3.05) is 17.7 Å². The van der Waals surface area contributed by atoms with Crippen molar-refractivity contribution in [3.8, 4) is 11.4 Å². The average molecular weight is 537 g/mol. The van der Waals surface area contributed by atoms with Crippen LogP contribution in [0.3, 0.4) is 0 Å². The van der Waals surface area contributed by atoms with E-state index in [0.717, 1.165) is 33.2 Å². The van der Waals surface area contributed by atoms with Crippen molar-refractivity contribution in [3.63, 3.8) is 0 Å². The fourth-order valence-electron chi connectivity index (χ4n) is 3.75. The third kappa shape index (κ3) is 5.80. The Bertz CT molecular complexity index is 1370. The number of aryl methyl sites for hydroxylation is 1. The van der Waals surface area contributed by atoms with Gasteiger partial charge in [-0.1, -0.05) is 29.3 Å². The highest BCUT2D eigenvalue weighted by Crippen LogP contribution is 2.31. The molecule has 1 N–H and O–H groups in total. The predicted octanol–water partition coefficient (Wildman–Crippen LogP) is 4.71. The molecule has 0 fully saturated rings. The van der Waals surface area contributed by atoms with Crippen LogP contribution in [0.5, 0.6) is 5.75 Å². The van der Waals surface area contributed by atoms with E-state index < -0.39 is 22.0 Å². The SMILES string of the molecule is COc1ccc(N([C@@H](C)C(=O)N/N=C\c2cc(C)n(-c3cccc(Cl)c3Cl)c2C)S(C)(=O)=O)cc1. The molecular formula is C24H26Cl2N4O4S. The van der Waals surface area contributed by atoms with Gasteiger partial charge in [-0.3, -0.25) is 9.10 Å². The second-order valence-corrected chi connectivity index (χ2v) is 10.5. The molecule has 1 atom stereocenters. The highest BCUT2D eigenvalue weighted by Gasteiger charge is 2.29. The Labute approximate surface area is 215 Å². The first-order valence-corrected chi connectivity index (χ1v) is 13.2. The molecule has 3 aromatic rings. The van der Waals surface area contributed by atoms with Crippen LogP contribution in [0.25, 0.3) is 5.69 Å². The molecule has 3 rings (SSSR count). The number of rotatable bonds is 8. The van der Waals surface area contributed by atoms with Gasteiger partial charge >= 0.3 is 0 Å². The van der Waals surface area contributed by atoms with Gasteiger partial charge in [0.25, 0.3) is 5.91 Å². The molecule has 2 aromatic carbocycles. The largest absolute Gasteiger partial charge is 0.497 e. The number of hydrogen-bond donors (Lipinski definition) is 1. The van der Waals surface area contributed by atoms with Crippen LogP contribution in [0.2, 0.25) is 10.0 Å². The van der Waals surface area contributed by atoms with E-state index in [1.54, 1.807) is 30.3 Å². The van der Waals surface area contributed by atoms with Crippen molar-refractivity contribution in [2.24, 2.45) is 5.10 Å². The standard InChI is InChI=1S/C24H26Cl2N4O4S/c1-15-13-18(16(2)29(15)22-8-6-7-21(25)23(22)26)14-27-28-24(31)17(3)30(35(5,32)33)19-9-11-20(34-4)12-10-19/h6-14,17H,1-5H3,(H,28,31)/b27-14-/t17-/m0/s1. The molecule has 0 unspecified atom stereocenters. The van der Waals surface area contributed by atoms with Crippen LogP contribution in [0.4, 0.5) is 5.69 Å². The fourth-order valence-corrected chi connectivity index (χ4v) is 5.31. The van der Waals surface area contributed by atoms with Crippen molar-refractivity contribution in [1.29, 1.82) is 0 Å². The first-order valence-electron chi connectivity index (χ1n) is 10.6. The zero-order valence-electron chi connectivity index (χ0n) is 19.9. The van der Waals surface area contributed by atoms with Crippen LogP contribution >= 0.6 is 23.2 Å². The van der Waals surface area contributed by atoms with Crippen LogP contribution in [-0.2, 0) is 14.8 Å². The van der Waals surface area contributed by atoms with Crippen molar-refractivity contribution in [1.82, 2.24) is 9.99 Å². The lowest BCUT2D eigenvalue weighted by atomic mass is 10.2. The molecule has 1 aromatic heterocycles. The molecule has 0 spiro atoms. The van der Waals surface area contributed by atoms with E-state index >= 15 is 0 Å². The van der Waals surface area contributed by atoms with E-state index in [1.807, 2.05) is 36.6 Å². The number of carbonyl (C=O) groups is 1. The number of aromatic nitrogens is 1. The number of ether oxygens (including phenoxy) is 1. The Morgan fingerprint density at radius 3 is 2.43 bits per heavy atom. The van der Waals surface area contributed by atoms with Crippen molar-refractivity contribution < 1.29 is 17.9 Å². The smallest absolute Gasteiger partial charge is 0.263 e. The molecule has 11 heteroatoms. The maximum absolute atomic E-state index is 12.8. The van der Waals surface area contributed by atoms with Gasteiger partial charge < -0.3 is 9.30 Å². The highest BCUT2D eigenvalue weighted by molar-refractivity contribution is 7.92. The number of nitrogens with zero attached hydrogens (tertiary/aromatic N) is 3. The van der Waals surface area contributed by atoms with Crippen LogP contribution < -0.4 is 14.5 Å². The lowest BCUT2D eigenvalue weighted by Gasteiger charge is -2.27. The Morgan fingerprint density at radius 2 is 1.83 bits per heavy atom. The van der Waals surface area contributed by atoms with Gasteiger partial charge in [0, 0.05) is 17.0 Å². The quantitative estimate of drug-likeness (QED) is 0.333. The maximum Gasteiger partial charge on any atom is 0.263 e. The van der Waals surface area contributed by atoms with Gasteiger partial charge in [-0.2, -0.15) is 5.10 Å². The first-order chi connectivity index (χ1) is 16.5. The van der Waals surface area contributed by atoms with Crippen molar-refractivity contribution in [3.05, 3.63) is 75.5 Å². The molecule has 186 valence electrons. The molecule has 0 aliphatic heterocycles. The van der Waals surface area contributed by atoms with Gasteiger partial charge in [0.2, 0.25) is 10.0 Å². The Balaban J connectivity index is 1.81. The third-order valence-corrected chi connectivity index (χ3v) is 7.49. The highest BCUT2D eigenvalue weighted by atomic mass is 35.5. The summed E-state index contributed by atoms with van der Waals surface area (Å²) in [5, 5.41) is 4.93. The summed E-state index contributed by atoms with van der Waals surface area (Å²) in [6.45, 7) is 5.30. The number of halogens is 2. The Morgan fingerprint density at radius 1 is 1.17 bits per heavy atom. The van der Waals surface area contributed by atoms with Crippen molar-refractivity contribution in [2.45, 2.75) is 26.8 Å². The second-order valence-electron chi connectivity index (χ2n) is 7.90. The summed E-state index contributed by atoms with van der Waals surface area (Å²) in [4.78, 5) is 12.8. The minimum atomic E-state index is -3.75. The Hall–Kier alpha value is -3.01. The van der Waals surface area contributed by atoms with E-state index in [4.69, 9.17) is 27.9 Å². The molecule has 0 aliphatic rings. The van der Waals surface area contributed by atoms with E-state index in [-0.39, 0.29) is 0 Å². The number of sulfonamides is 1. The molecule has 0 saturated heterocycles. The summed E-state index contributed by atoms with van der Waals surface area (Å²) >= 11 is 12.6. The monoisotopic (exact) mass is 536 g/mol. The molecule has 8 nitrogen and oxygen atoms in total. The average Bonchev–Trinajstić information content (AvgIpc) is 3.08. The van der Waals surface area contributed by atoms with Crippen LogP contribution in [0.15, 0.2) is 53.6 Å². The van der Waals surface area contributed by atoms with Gasteiger partial charge in [0.05, 0.1) is 41.0 Å². The lowest BCUT2D eigenvalue weighted by molar-refractivity contribution is -0.121. The minimum Gasteiger partial charge on any atom is -0.497 e. The lowest BCUT2D eigenvalue weighted by Crippen LogP contribution is -2.46. The van der Waals surface area contributed by atoms with E-state index in [1.165, 1.54) is 20.2 Å². The molecule has 0 saturated carbocycles. The number of benzene rings is 2. The van der Waals surface area contributed by atoms with Crippen molar-refractivity contribution >= 4 is 51.0 Å². The van der Waals surface area contributed by atoms with Gasteiger partial charge in [-0.05, 0) is 63.2 Å². The summed E-state index contributed by atoms with van der Waals surface area (Å²) in [5.41, 5.74) is 5.99. The number of nitrogens with one attached hydrogen (secondary N) is 1. The van der Waals surface area contributed by atoms with Crippen LogP contribution in [-0.4, -0.2) is 44.5 Å². The zero-order chi connectivity index (χ0) is 25.9. The fraction of sp³-hybridized carbons (Fsp3) is 0.250. The molecule has 0 aliphatic carbocycles. The number of amides is 1.